The maximum absolute atomic E-state index is 12.6. The minimum Gasteiger partial charge on any atom is -0.462 e. The number of unbranched alkanes of at least 4 members (excludes halogenated alkanes) is 3. The van der Waals surface area contributed by atoms with Gasteiger partial charge in [0.2, 0.25) is 17.5 Å². The highest BCUT2D eigenvalue weighted by Gasteiger charge is 2.21. The molecule has 0 saturated heterocycles. The van der Waals surface area contributed by atoms with E-state index in [1.807, 2.05) is 55.5 Å². The summed E-state index contributed by atoms with van der Waals surface area (Å²) >= 11 is 0. The van der Waals surface area contributed by atoms with Gasteiger partial charge in [0.25, 0.3) is 17.7 Å². The van der Waals surface area contributed by atoms with Crippen molar-refractivity contribution >= 4 is 18.3 Å². The zero-order valence-electron chi connectivity index (χ0n) is 33.4. The van der Waals surface area contributed by atoms with E-state index in [-0.39, 0.29) is 25.6 Å². The lowest BCUT2D eigenvalue weighted by atomic mass is 10.0. The second-order valence-corrected chi connectivity index (χ2v) is 13.4. The van der Waals surface area contributed by atoms with Gasteiger partial charge in [0.05, 0.1) is 12.2 Å². The lowest BCUT2D eigenvalue weighted by Crippen LogP contribution is -2.06. The van der Waals surface area contributed by atoms with E-state index >= 15 is 0 Å². The van der Waals surface area contributed by atoms with Gasteiger partial charge in [-0.25, -0.2) is 4.79 Å². The first-order chi connectivity index (χ1) is 29.3. The van der Waals surface area contributed by atoms with Gasteiger partial charge < -0.3 is 18.3 Å². The molecule has 0 bridgehead atoms. The predicted octanol–water partition coefficient (Wildman–Crippen LogP) is 9.95. The quantitative estimate of drug-likeness (QED) is 0.0655. The Morgan fingerprint density at radius 1 is 0.525 bits per heavy atom. The van der Waals surface area contributed by atoms with Gasteiger partial charge in [0.15, 0.2) is 0 Å². The van der Waals surface area contributed by atoms with Crippen molar-refractivity contribution in [3.05, 3.63) is 108 Å². The molecule has 4 aromatic carbocycles. The number of carbonyl (C=O) groups excluding carboxylic acids is 5. The van der Waals surface area contributed by atoms with Gasteiger partial charge in [0, 0.05) is 33.4 Å². The minimum atomic E-state index is -0.399. The van der Waals surface area contributed by atoms with Crippen molar-refractivity contribution < 1.29 is 42.3 Å². The van der Waals surface area contributed by atoms with Crippen molar-refractivity contribution in [3.8, 4) is 68.5 Å². The van der Waals surface area contributed by atoms with E-state index < -0.39 is 5.97 Å². The molecule has 314 valence electrons. The molecule has 0 aliphatic heterocycles. The molecule has 15 nitrogen and oxygen atoms in total. The summed E-state index contributed by atoms with van der Waals surface area (Å²) in [6.45, 7) is 6.77. The zero-order chi connectivity index (χ0) is 42.7. The SMILES string of the molecule is C.CCCCOC(=O)c1cccc(-c2noc(-c3cc(-c4nc(-c5cccc(CCCC)c5)no4)cc(-c4nc(-c5cccc(CCCC)c5)no4)c3)n2)c1.O=C=O.O=C=O. The zero-order valence-corrected chi connectivity index (χ0v) is 33.4. The first kappa shape index (κ1) is 46.2. The van der Waals surface area contributed by atoms with Crippen molar-refractivity contribution in [1.29, 1.82) is 0 Å². The number of aryl methyl sites for hydroxylation is 2. The average molecular weight is 827 g/mol. The number of ether oxygens (including phenoxy) is 1. The number of carbonyl (C=O) groups is 1. The molecule has 3 heterocycles. The molecule has 7 rings (SSSR count). The third-order valence-corrected chi connectivity index (χ3v) is 9.05. The highest BCUT2D eigenvalue weighted by Crippen LogP contribution is 2.34. The summed E-state index contributed by atoms with van der Waals surface area (Å²) in [4.78, 5) is 59.4. The van der Waals surface area contributed by atoms with Gasteiger partial charge in [-0.3, -0.25) is 0 Å². The van der Waals surface area contributed by atoms with Crippen LogP contribution in [0.3, 0.4) is 0 Å². The van der Waals surface area contributed by atoms with E-state index in [1.165, 1.54) is 11.1 Å². The fraction of sp³-hybridized carbons (Fsp3) is 0.283. The van der Waals surface area contributed by atoms with E-state index in [0.717, 1.165) is 62.5 Å². The predicted molar refractivity (Wildman–Crippen MR) is 222 cm³/mol. The Bertz CT molecular complexity index is 2430. The minimum absolute atomic E-state index is 0. The number of benzene rings is 4. The molecular formula is C46H46N6O9. The number of hydrogen-bond donors (Lipinski definition) is 0. The summed E-state index contributed by atoms with van der Waals surface area (Å²) in [5.41, 5.74) is 6.97. The molecule has 0 radical (unpaired) electrons. The molecule has 15 heteroatoms. The molecule has 0 spiro atoms. The van der Waals surface area contributed by atoms with Crippen LogP contribution in [0.25, 0.3) is 68.5 Å². The van der Waals surface area contributed by atoms with Crippen LogP contribution >= 0.6 is 0 Å². The van der Waals surface area contributed by atoms with Crippen molar-refractivity contribution in [2.24, 2.45) is 0 Å². The summed E-state index contributed by atoms with van der Waals surface area (Å²) < 4.78 is 22.9. The number of aromatic nitrogens is 6. The molecule has 0 aliphatic rings. The fourth-order valence-corrected chi connectivity index (χ4v) is 6.04. The fourth-order valence-electron chi connectivity index (χ4n) is 6.04. The molecule has 0 N–H and O–H groups in total. The molecule has 61 heavy (non-hydrogen) atoms. The normalized spacial score (nSPS) is 10.2. The Hall–Kier alpha value is -7.47. The summed E-state index contributed by atoms with van der Waals surface area (Å²) in [6, 6.07) is 28.9. The van der Waals surface area contributed by atoms with E-state index in [2.05, 4.69) is 53.6 Å². The molecule has 0 amide bonds. The molecule has 0 atom stereocenters. The van der Waals surface area contributed by atoms with Crippen LogP contribution in [0.5, 0.6) is 0 Å². The molecule has 0 saturated carbocycles. The van der Waals surface area contributed by atoms with Crippen LogP contribution in [0.1, 0.15) is 88.2 Å². The third kappa shape index (κ3) is 12.8. The molecular weight excluding hydrogens is 781 g/mol. The number of nitrogens with zero attached hydrogens (tertiary/aromatic N) is 6. The van der Waals surface area contributed by atoms with E-state index in [4.69, 9.17) is 52.4 Å². The van der Waals surface area contributed by atoms with Crippen LogP contribution in [-0.2, 0) is 36.8 Å². The van der Waals surface area contributed by atoms with Crippen LogP contribution in [0.15, 0.2) is 105 Å². The topological polar surface area (TPSA) is 211 Å². The van der Waals surface area contributed by atoms with Gasteiger partial charge in [-0.1, -0.05) is 111 Å². The maximum atomic E-state index is 12.6. The Morgan fingerprint density at radius 3 is 1.30 bits per heavy atom. The van der Waals surface area contributed by atoms with Crippen LogP contribution < -0.4 is 0 Å². The van der Waals surface area contributed by atoms with Crippen molar-refractivity contribution in [1.82, 2.24) is 30.4 Å². The molecule has 0 fully saturated rings. The number of esters is 1. The van der Waals surface area contributed by atoms with E-state index in [1.54, 1.807) is 18.2 Å². The summed E-state index contributed by atoms with van der Waals surface area (Å²) in [6.07, 6.45) is 8.63. The lowest BCUT2D eigenvalue weighted by Gasteiger charge is -2.04. The lowest BCUT2D eigenvalue weighted by molar-refractivity contribution is -0.193. The second kappa shape index (κ2) is 23.8. The van der Waals surface area contributed by atoms with E-state index in [0.29, 0.717) is 63.7 Å². The Balaban J connectivity index is 0.00000111. The Kier molecular flexibility index (Phi) is 18.0. The van der Waals surface area contributed by atoms with Crippen LogP contribution in [0.2, 0.25) is 0 Å². The summed E-state index contributed by atoms with van der Waals surface area (Å²) in [5, 5.41) is 12.9. The molecule has 7 aromatic rings. The average Bonchev–Trinajstić information content (AvgIpc) is 4.09. The smallest absolute Gasteiger partial charge is 0.373 e. The first-order valence-corrected chi connectivity index (χ1v) is 19.5. The highest BCUT2D eigenvalue weighted by atomic mass is 16.5. The number of hydrogen-bond acceptors (Lipinski definition) is 15. The monoisotopic (exact) mass is 826 g/mol. The maximum Gasteiger partial charge on any atom is 0.373 e. The van der Waals surface area contributed by atoms with Crippen LogP contribution in [-0.4, -0.2) is 55.3 Å². The van der Waals surface area contributed by atoms with Crippen molar-refractivity contribution in [2.75, 3.05) is 6.61 Å². The largest absolute Gasteiger partial charge is 0.462 e. The second-order valence-electron chi connectivity index (χ2n) is 13.4. The third-order valence-electron chi connectivity index (χ3n) is 9.05. The standard InChI is InChI=1S/C43H42N6O5.2CO2.CH4/c1-4-7-13-28-15-10-17-30(22-28)37-44-40(52-47-37)34-25-35(41-45-38(48-53-41)31-18-11-16-29(23-31)14-8-5-2)27-36(26-34)42-46-39(49-54-42)32-19-12-20-33(24-32)43(50)51-21-9-6-3;2*2-1-3;/h10-12,15-20,22-27H,4-9,13-14,21H2,1-3H3;;;1H4. The first-order valence-electron chi connectivity index (χ1n) is 19.5. The van der Waals surface area contributed by atoms with E-state index in [9.17, 15) is 4.79 Å². The number of rotatable bonds is 16. The van der Waals surface area contributed by atoms with Gasteiger partial charge in [-0.15, -0.1) is 0 Å². The highest BCUT2D eigenvalue weighted by molar-refractivity contribution is 5.90. The molecule has 3 aromatic heterocycles. The van der Waals surface area contributed by atoms with Crippen LogP contribution in [0.4, 0.5) is 0 Å². The Morgan fingerprint density at radius 2 is 0.902 bits per heavy atom. The van der Waals surface area contributed by atoms with Gasteiger partial charge in [-0.2, -0.15) is 34.1 Å². The van der Waals surface area contributed by atoms with Crippen LogP contribution in [0, 0.1) is 0 Å². The van der Waals surface area contributed by atoms with Crippen molar-refractivity contribution in [2.45, 2.75) is 79.6 Å². The van der Waals surface area contributed by atoms with Gasteiger partial charge in [0.1, 0.15) is 0 Å². The molecule has 0 unspecified atom stereocenters. The van der Waals surface area contributed by atoms with Crippen molar-refractivity contribution in [3.63, 3.8) is 0 Å². The van der Waals surface area contributed by atoms with Gasteiger partial charge >= 0.3 is 18.3 Å². The molecule has 0 aliphatic carbocycles. The summed E-state index contributed by atoms with van der Waals surface area (Å²) in [5.74, 6) is 1.69. The summed E-state index contributed by atoms with van der Waals surface area (Å²) in [7, 11) is 0. The van der Waals surface area contributed by atoms with Gasteiger partial charge in [-0.05, 0) is 85.7 Å². The Labute approximate surface area is 352 Å².